The van der Waals surface area contributed by atoms with Crippen LogP contribution in [0.15, 0.2) is 54.6 Å². The first-order chi connectivity index (χ1) is 26.2. The number of para-hydroxylation sites is 1. The number of imidazole rings is 1. The van der Waals surface area contributed by atoms with Gasteiger partial charge in [-0.05, 0) is 101 Å². The molecule has 6 heterocycles. The maximum atomic E-state index is 16.4. The van der Waals surface area contributed by atoms with Gasteiger partial charge >= 0.3 is 0 Å². The van der Waals surface area contributed by atoms with Gasteiger partial charge < -0.3 is 25.1 Å². The smallest absolute Gasteiger partial charge is 0.257 e. The number of benzene rings is 2. The number of halogens is 2. The van der Waals surface area contributed by atoms with Gasteiger partial charge in [0.2, 0.25) is 0 Å². The molecule has 3 fully saturated rings. The molecule has 2 amide bonds. The fraction of sp³-hybridized carbons (Fsp3) is 0.405. The summed E-state index contributed by atoms with van der Waals surface area (Å²) in [5, 5.41) is 4.97. The lowest BCUT2D eigenvalue weighted by molar-refractivity contribution is 0.0598. The van der Waals surface area contributed by atoms with E-state index < -0.39 is 23.6 Å². The van der Waals surface area contributed by atoms with Crippen LogP contribution in [0.1, 0.15) is 102 Å². The van der Waals surface area contributed by atoms with Crippen molar-refractivity contribution in [3.8, 4) is 11.5 Å². The Hall–Kier alpha value is -5.23. The average molecular weight is 729 g/mol. The van der Waals surface area contributed by atoms with Gasteiger partial charge in [0, 0.05) is 42.0 Å². The average Bonchev–Trinajstić information content (AvgIpc) is 3.65. The molecular formula is C42H42F2N8O2. The molecule has 0 radical (unpaired) electrons. The number of piperidine rings is 1. The highest BCUT2D eigenvalue weighted by Crippen LogP contribution is 2.44. The summed E-state index contributed by atoms with van der Waals surface area (Å²) in [6.07, 6.45) is 7.39. The SMILES string of the molecule is C[C@H]1NC(=O)c2cc3ccccc3nc2CCCCCn2c(-c3nc4cc(C(=O)N5C[C@H](N)[C@@H]6CC[C@H]5C6)c(F)c(F)c4n3C3CC3)cc3ccc1nc32. The number of nitrogens with two attached hydrogens (primary N) is 1. The van der Waals surface area contributed by atoms with E-state index in [-0.39, 0.29) is 40.6 Å². The summed E-state index contributed by atoms with van der Waals surface area (Å²) in [5.41, 5.74) is 10.9. The first kappa shape index (κ1) is 33.3. The third kappa shape index (κ3) is 5.39. The van der Waals surface area contributed by atoms with Crippen LogP contribution in [0.5, 0.6) is 0 Å². The highest BCUT2D eigenvalue weighted by Gasteiger charge is 2.42. The standard InChI is InChI=1S/C42H42F2N8O2/c1-22-31-15-11-25-19-35(50(39(25)48-31)16-6-2-3-9-33-28(41(53)46-22)18-24-7-4-5-8-32(24)47-33)40-49-34-20-29(36(43)37(44)38(34)52(40)26-13-14-26)42(54)51-21-30(45)23-10-12-27(51)17-23/h4-5,7-8,11,15,18-20,22-23,26-27,30H,2-3,6,9-10,12-14,16-17,21,45H2,1H3,(H,46,53)/t22-,23-,27+,30+/m1/s1. The molecule has 2 saturated carbocycles. The molecule has 2 aromatic carbocycles. The van der Waals surface area contributed by atoms with E-state index in [9.17, 15) is 9.59 Å². The molecule has 4 aliphatic rings. The Kier molecular flexibility index (Phi) is 7.83. The third-order valence-electron chi connectivity index (χ3n) is 12.3. The number of carbonyl (C=O) groups excluding carboxylic acids is 2. The number of nitrogens with one attached hydrogen (secondary N) is 1. The van der Waals surface area contributed by atoms with Crippen LogP contribution in [-0.2, 0) is 13.0 Å². The molecule has 0 spiro atoms. The molecule has 0 unspecified atom stereocenters. The molecular weight excluding hydrogens is 687 g/mol. The number of likely N-dealkylation sites (tertiary alicyclic amines) is 1. The third-order valence-corrected chi connectivity index (χ3v) is 12.3. The minimum atomic E-state index is -1.14. The van der Waals surface area contributed by atoms with E-state index in [1.54, 1.807) is 4.90 Å². The normalized spacial score (nSPS) is 23.3. The lowest BCUT2D eigenvalue weighted by Crippen LogP contribution is -2.51. The molecule has 3 N–H and O–H groups in total. The van der Waals surface area contributed by atoms with Crippen molar-refractivity contribution in [2.24, 2.45) is 11.7 Å². The van der Waals surface area contributed by atoms with Crippen LogP contribution < -0.4 is 11.1 Å². The highest BCUT2D eigenvalue weighted by molar-refractivity contribution is 6.00. The summed E-state index contributed by atoms with van der Waals surface area (Å²) in [5.74, 6) is -2.00. The van der Waals surface area contributed by atoms with Crippen molar-refractivity contribution < 1.29 is 18.4 Å². The topological polar surface area (TPSA) is 124 Å². The van der Waals surface area contributed by atoms with Crippen molar-refractivity contribution in [2.45, 2.75) is 95.4 Å². The number of pyridine rings is 2. The predicted molar refractivity (Wildman–Crippen MR) is 202 cm³/mol. The van der Waals surface area contributed by atoms with E-state index in [4.69, 9.17) is 20.7 Å². The number of nitrogens with zero attached hydrogens (tertiary/aromatic N) is 6. The van der Waals surface area contributed by atoms with Gasteiger partial charge in [-0.25, -0.2) is 18.7 Å². The Bertz CT molecular complexity index is 2520. The van der Waals surface area contributed by atoms with E-state index in [1.807, 2.05) is 60.0 Å². The van der Waals surface area contributed by atoms with Gasteiger partial charge in [-0.2, -0.15) is 0 Å². The van der Waals surface area contributed by atoms with Crippen molar-refractivity contribution in [1.29, 1.82) is 0 Å². The minimum Gasteiger partial charge on any atom is -0.344 e. The van der Waals surface area contributed by atoms with Gasteiger partial charge in [0.05, 0.1) is 45.3 Å². The molecule has 4 atom stereocenters. The number of fused-ring (bicyclic) bond motifs is 6. The summed E-state index contributed by atoms with van der Waals surface area (Å²) in [6.45, 7) is 2.89. The summed E-state index contributed by atoms with van der Waals surface area (Å²) in [4.78, 5) is 44.3. The number of aromatic nitrogens is 5. The minimum absolute atomic E-state index is 0.0101. The first-order valence-electron chi connectivity index (χ1n) is 19.4. The Morgan fingerprint density at radius 2 is 1.72 bits per heavy atom. The Morgan fingerprint density at radius 1 is 0.889 bits per heavy atom. The van der Waals surface area contributed by atoms with Gasteiger partial charge in [0.15, 0.2) is 17.5 Å². The van der Waals surface area contributed by atoms with Crippen LogP contribution in [0.4, 0.5) is 8.78 Å². The van der Waals surface area contributed by atoms with Crippen LogP contribution in [0, 0.1) is 17.6 Å². The van der Waals surface area contributed by atoms with Crippen molar-refractivity contribution in [3.63, 3.8) is 0 Å². The fourth-order valence-corrected chi connectivity index (χ4v) is 9.23. The molecule has 2 aliphatic heterocycles. The van der Waals surface area contributed by atoms with Crippen molar-refractivity contribution in [3.05, 3.63) is 88.7 Å². The van der Waals surface area contributed by atoms with Crippen LogP contribution in [0.25, 0.3) is 44.5 Å². The highest BCUT2D eigenvalue weighted by atomic mass is 19.2. The molecule has 4 bridgehead atoms. The first-order valence-corrected chi connectivity index (χ1v) is 19.4. The zero-order chi connectivity index (χ0) is 36.8. The van der Waals surface area contributed by atoms with Gasteiger partial charge in [-0.1, -0.05) is 24.6 Å². The van der Waals surface area contributed by atoms with E-state index >= 15 is 8.78 Å². The Morgan fingerprint density at radius 3 is 2.57 bits per heavy atom. The summed E-state index contributed by atoms with van der Waals surface area (Å²) < 4.78 is 36.4. The second kappa shape index (κ2) is 12.7. The van der Waals surface area contributed by atoms with Gasteiger partial charge in [0.25, 0.3) is 11.8 Å². The van der Waals surface area contributed by atoms with Gasteiger partial charge in [-0.3, -0.25) is 14.6 Å². The molecule has 10 nitrogen and oxygen atoms in total. The molecule has 10 rings (SSSR count). The van der Waals surface area contributed by atoms with E-state index in [1.165, 1.54) is 6.07 Å². The van der Waals surface area contributed by atoms with Crippen LogP contribution >= 0.6 is 0 Å². The molecule has 6 aromatic rings. The second-order valence-corrected chi connectivity index (χ2v) is 15.8. The summed E-state index contributed by atoms with van der Waals surface area (Å²) in [7, 11) is 0. The monoisotopic (exact) mass is 728 g/mol. The number of hydrogen-bond acceptors (Lipinski definition) is 6. The largest absolute Gasteiger partial charge is 0.344 e. The molecule has 2 aliphatic carbocycles. The molecule has 276 valence electrons. The Labute approximate surface area is 310 Å². The zero-order valence-electron chi connectivity index (χ0n) is 30.2. The van der Waals surface area contributed by atoms with Crippen LogP contribution in [-0.4, -0.2) is 59.4 Å². The lowest BCUT2D eigenvalue weighted by atomic mass is 9.94. The van der Waals surface area contributed by atoms with Crippen LogP contribution in [0.2, 0.25) is 0 Å². The molecule has 4 aromatic heterocycles. The molecule has 54 heavy (non-hydrogen) atoms. The quantitative estimate of drug-likeness (QED) is 0.196. The maximum Gasteiger partial charge on any atom is 0.257 e. The van der Waals surface area contributed by atoms with E-state index in [2.05, 4.69) is 9.88 Å². The van der Waals surface area contributed by atoms with E-state index in [0.717, 1.165) is 84.7 Å². The maximum absolute atomic E-state index is 16.4. The van der Waals surface area contributed by atoms with E-state index in [0.29, 0.717) is 42.5 Å². The summed E-state index contributed by atoms with van der Waals surface area (Å²) in [6, 6.07) is 16.5. The molecule has 1 saturated heterocycles. The second-order valence-electron chi connectivity index (χ2n) is 15.8. The Balaban J connectivity index is 1.06. The predicted octanol–water partition coefficient (Wildman–Crippen LogP) is 7.38. The fourth-order valence-electron chi connectivity index (χ4n) is 9.23. The number of rotatable bonds is 3. The molecule has 12 heteroatoms. The zero-order valence-corrected chi connectivity index (χ0v) is 30.2. The van der Waals surface area contributed by atoms with Crippen molar-refractivity contribution in [2.75, 3.05) is 6.54 Å². The lowest BCUT2D eigenvalue weighted by Gasteiger charge is -2.37. The van der Waals surface area contributed by atoms with Gasteiger partial charge in [0.1, 0.15) is 11.2 Å². The summed E-state index contributed by atoms with van der Waals surface area (Å²) >= 11 is 0. The van der Waals surface area contributed by atoms with Crippen LogP contribution in [0.3, 0.4) is 0 Å². The van der Waals surface area contributed by atoms with Crippen molar-refractivity contribution in [1.82, 2.24) is 34.3 Å². The number of carbonyl (C=O) groups is 2. The number of amides is 2. The van der Waals surface area contributed by atoms with Crippen molar-refractivity contribution >= 4 is 44.8 Å². The number of aryl methyl sites for hydroxylation is 2. The van der Waals surface area contributed by atoms with Gasteiger partial charge in [-0.15, -0.1) is 0 Å². The number of hydrogen-bond donors (Lipinski definition) is 2.